The summed E-state index contributed by atoms with van der Waals surface area (Å²) in [5.41, 5.74) is 11.2. The molecule has 22 heavy (non-hydrogen) atoms. The molecule has 2 aromatic rings. The summed E-state index contributed by atoms with van der Waals surface area (Å²) < 4.78 is 0. The third-order valence-corrected chi connectivity index (χ3v) is 2.79. The van der Waals surface area contributed by atoms with E-state index in [0.29, 0.717) is 10.0 Å². The SMILES string of the molecule is NC(=O)N(N)c1cccnc1-c1ncccc1N(N)C(N)=O. The van der Waals surface area contributed by atoms with Crippen LogP contribution in [0.25, 0.3) is 11.4 Å². The van der Waals surface area contributed by atoms with Crippen molar-refractivity contribution in [2.75, 3.05) is 10.0 Å². The number of nitrogens with two attached hydrogens (primary N) is 4. The molecule has 0 atom stereocenters. The number of carbonyl (C=O) groups excluding carboxylic acids is 2. The second kappa shape index (κ2) is 6.03. The van der Waals surface area contributed by atoms with E-state index in [4.69, 9.17) is 23.2 Å². The lowest BCUT2D eigenvalue weighted by molar-refractivity contribution is 0.253. The van der Waals surface area contributed by atoms with Crippen molar-refractivity contribution in [2.45, 2.75) is 0 Å². The average Bonchev–Trinajstić information content (AvgIpc) is 2.53. The Morgan fingerprint density at radius 2 is 1.18 bits per heavy atom. The molecular weight excluding hydrogens is 288 g/mol. The summed E-state index contributed by atoms with van der Waals surface area (Å²) in [5, 5.41) is 1.43. The van der Waals surface area contributed by atoms with Gasteiger partial charge in [-0.25, -0.2) is 31.3 Å². The molecule has 10 nitrogen and oxygen atoms in total. The average molecular weight is 302 g/mol. The molecule has 0 unspecified atom stereocenters. The van der Waals surface area contributed by atoms with Gasteiger partial charge in [0, 0.05) is 12.4 Å². The second-order valence-corrected chi connectivity index (χ2v) is 4.16. The maximum absolute atomic E-state index is 11.3. The van der Waals surface area contributed by atoms with Gasteiger partial charge in [0.1, 0.15) is 11.4 Å². The highest BCUT2D eigenvalue weighted by Gasteiger charge is 2.21. The summed E-state index contributed by atoms with van der Waals surface area (Å²) in [6.45, 7) is 0. The minimum absolute atomic E-state index is 0.202. The molecule has 4 amide bonds. The number of pyridine rings is 2. The van der Waals surface area contributed by atoms with Crippen LogP contribution in [0.2, 0.25) is 0 Å². The van der Waals surface area contributed by atoms with Crippen LogP contribution in [0.4, 0.5) is 21.0 Å². The van der Waals surface area contributed by atoms with Gasteiger partial charge >= 0.3 is 12.1 Å². The summed E-state index contributed by atoms with van der Waals surface area (Å²) in [5.74, 6) is 11.2. The molecule has 2 heterocycles. The number of nitrogens with zero attached hydrogens (tertiary/aromatic N) is 4. The highest BCUT2D eigenvalue weighted by atomic mass is 16.2. The minimum Gasteiger partial charge on any atom is -0.350 e. The van der Waals surface area contributed by atoms with Crippen molar-refractivity contribution in [3.8, 4) is 11.4 Å². The minimum atomic E-state index is -0.883. The van der Waals surface area contributed by atoms with Crippen LogP contribution >= 0.6 is 0 Å². The molecule has 0 spiro atoms. The van der Waals surface area contributed by atoms with E-state index in [9.17, 15) is 9.59 Å². The van der Waals surface area contributed by atoms with E-state index in [1.807, 2.05) is 0 Å². The van der Waals surface area contributed by atoms with Gasteiger partial charge in [0.25, 0.3) is 0 Å². The van der Waals surface area contributed by atoms with Gasteiger partial charge in [0.15, 0.2) is 0 Å². The highest BCUT2D eigenvalue weighted by Crippen LogP contribution is 2.32. The lowest BCUT2D eigenvalue weighted by Crippen LogP contribution is -2.43. The molecule has 0 aromatic carbocycles. The second-order valence-electron chi connectivity index (χ2n) is 4.16. The van der Waals surface area contributed by atoms with Gasteiger partial charge in [-0.15, -0.1) is 0 Å². The Balaban J connectivity index is 2.63. The molecule has 10 heteroatoms. The van der Waals surface area contributed by atoms with E-state index >= 15 is 0 Å². The van der Waals surface area contributed by atoms with E-state index in [2.05, 4.69) is 9.97 Å². The van der Waals surface area contributed by atoms with Gasteiger partial charge in [0.2, 0.25) is 0 Å². The van der Waals surface area contributed by atoms with Crippen molar-refractivity contribution >= 4 is 23.4 Å². The molecule has 0 bridgehead atoms. The predicted molar refractivity (Wildman–Crippen MR) is 80.0 cm³/mol. The van der Waals surface area contributed by atoms with Gasteiger partial charge in [-0.05, 0) is 24.3 Å². The van der Waals surface area contributed by atoms with Gasteiger partial charge < -0.3 is 11.5 Å². The smallest absolute Gasteiger partial charge is 0.333 e. The van der Waals surface area contributed by atoms with Gasteiger partial charge in [-0.1, -0.05) is 0 Å². The Labute approximate surface area is 125 Å². The molecule has 0 fully saturated rings. The Kier molecular flexibility index (Phi) is 4.15. The van der Waals surface area contributed by atoms with Crippen LogP contribution in [0, 0.1) is 0 Å². The lowest BCUT2D eigenvalue weighted by Gasteiger charge is -2.20. The quantitative estimate of drug-likeness (QED) is 0.343. The molecule has 0 aliphatic heterocycles. The molecule has 0 radical (unpaired) electrons. The number of rotatable bonds is 3. The number of hydrazine groups is 2. The molecule has 2 aromatic heterocycles. The van der Waals surface area contributed by atoms with Crippen LogP contribution in [-0.4, -0.2) is 22.0 Å². The Hall–Kier alpha value is -3.24. The third-order valence-electron chi connectivity index (χ3n) is 2.79. The first-order valence-electron chi connectivity index (χ1n) is 6.02. The number of amides is 4. The highest BCUT2D eigenvalue weighted by molar-refractivity contribution is 5.98. The number of hydrogen-bond acceptors (Lipinski definition) is 6. The van der Waals surface area contributed by atoms with Gasteiger partial charge in [0.05, 0.1) is 11.4 Å². The van der Waals surface area contributed by atoms with Crippen molar-refractivity contribution < 1.29 is 9.59 Å². The number of primary amides is 2. The molecule has 0 aliphatic rings. The zero-order valence-corrected chi connectivity index (χ0v) is 11.4. The first-order valence-corrected chi connectivity index (χ1v) is 6.02. The number of hydrogen-bond donors (Lipinski definition) is 4. The van der Waals surface area contributed by atoms with E-state index < -0.39 is 12.1 Å². The van der Waals surface area contributed by atoms with Crippen LogP contribution in [0.1, 0.15) is 0 Å². The third kappa shape index (κ3) is 2.77. The molecular formula is C12H14N8O2. The molecule has 0 aliphatic carbocycles. The van der Waals surface area contributed by atoms with Crippen LogP contribution < -0.4 is 33.2 Å². The molecule has 114 valence electrons. The van der Waals surface area contributed by atoms with Gasteiger partial charge in [-0.3, -0.25) is 9.97 Å². The number of urea groups is 2. The van der Waals surface area contributed by atoms with E-state index in [-0.39, 0.29) is 22.8 Å². The largest absolute Gasteiger partial charge is 0.350 e. The van der Waals surface area contributed by atoms with Crippen LogP contribution in [-0.2, 0) is 0 Å². The number of anilines is 2. The fourth-order valence-corrected chi connectivity index (χ4v) is 1.78. The molecule has 0 saturated heterocycles. The fourth-order valence-electron chi connectivity index (χ4n) is 1.78. The number of carbonyl (C=O) groups is 2. The normalized spacial score (nSPS) is 10.1. The van der Waals surface area contributed by atoms with Crippen molar-refractivity contribution in [3.05, 3.63) is 36.7 Å². The lowest BCUT2D eigenvalue weighted by atomic mass is 10.1. The Morgan fingerprint density at radius 1 is 0.818 bits per heavy atom. The van der Waals surface area contributed by atoms with Crippen molar-refractivity contribution in [2.24, 2.45) is 23.2 Å². The van der Waals surface area contributed by atoms with E-state index in [0.717, 1.165) is 0 Å². The van der Waals surface area contributed by atoms with E-state index in [1.165, 1.54) is 24.5 Å². The zero-order chi connectivity index (χ0) is 16.3. The topological polar surface area (TPSA) is 170 Å². The summed E-state index contributed by atoms with van der Waals surface area (Å²) >= 11 is 0. The zero-order valence-electron chi connectivity index (χ0n) is 11.4. The molecule has 2 rings (SSSR count). The first-order chi connectivity index (χ1) is 10.4. The predicted octanol–water partition coefficient (Wildman–Crippen LogP) is -0.339. The fraction of sp³-hybridized carbons (Fsp3) is 0. The summed E-state index contributed by atoms with van der Waals surface area (Å²) in [6.07, 6.45) is 2.94. The van der Waals surface area contributed by atoms with Crippen LogP contribution in [0.3, 0.4) is 0 Å². The van der Waals surface area contributed by atoms with Crippen LogP contribution in [0.5, 0.6) is 0 Å². The Morgan fingerprint density at radius 3 is 1.50 bits per heavy atom. The van der Waals surface area contributed by atoms with Gasteiger partial charge in [-0.2, -0.15) is 0 Å². The summed E-state index contributed by atoms with van der Waals surface area (Å²) in [7, 11) is 0. The number of aromatic nitrogens is 2. The van der Waals surface area contributed by atoms with Crippen molar-refractivity contribution in [1.82, 2.24) is 9.97 Å². The maximum Gasteiger partial charge on any atom is 0.333 e. The Bertz CT molecular complexity index is 658. The van der Waals surface area contributed by atoms with Crippen LogP contribution in [0.15, 0.2) is 36.7 Å². The van der Waals surface area contributed by atoms with Crippen molar-refractivity contribution in [1.29, 1.82) is 0 Å². The standard InChI is InChI=1S/C12H14N8O2/c13-11(21)19(15)7-3-1-5-17-9(7)10-8(4-2-6-18-10)20(16)12(14)22/h1-6H,15-16H2,(H2,13,21)(H2,14,22). The summed E-state index contributed by atoms with van der Waals surface area (Å²) in [6, 6.07) is 4.42. The van der Waals surface area contributed by atoms with Crippen molar-refractivity contribution in [3.63, 3.8) is 0 Å². The summed E-state index contributed by atoms with van der Waals surface area (Å²) in [4.78, 5) is 30.8. The van der Waals surface area contributed by atoms with E-state index in [1.54, 1.807) is 12.1 Å². The molecule has 0 saturated carbocycles. The molecule has 8 N–H and O–H groups in total. The first kappa shape index (κ1) is 15.2. The maximum atomic E-state index is 11.3. The monoisotopic (exact) mass is 302 g/mol.